The lowest BCUT2D eigenvalue weighted by atomic mass is 9.68. The molecule has 2 aromatic rings. The largest absolute Gasteiger partial charge is 0.490 e. The van der Waals surface area contributed by atoms with E-state index in [9.17, 15) is 9.90 Å². The number of rotatable bonds is 7. The monoisotopic (exact) mass is 508 g/mol. The van der Waals surface area contributed by atoms with Crippen molar-refractivity contribution in [3.63, 3.8) is 0 Å². The number of halogens is 1. The molecule has 3 N–H and O–H groups in total. The van der Waals surface area contributed by atoms with Gasteiger partial charge in [0.05, 0.1) is 18.4 Å². The van der Waals surface area contributed by atoms with Gasteiger partial charge in [0.25, 0.3) is 0 Å². The van der Waals surface area contributed by atoms with Gasteiger partial charge in [0.2, 0.25) is 5.91 Å². The maximum absolute atomic E-state index is 12.0. The van der Waals surface area contributed by atoms with E-state index in [1.54, 1.807) is 6.07 Å². The third-order valence-corrected chi connectivity index (χ3v) is 8.72. The standard InChI is InChI=1S/C30H37ClN2O3/c1-2-3-4-7-27(34)24-11-8-22(24)17-33-18-30(14-5-6-20-15-23(31)10-12-25(20)30)19-36-28-13-9-21(29(32)35)16-26(28)33/h4,7,9-10,12-13,15-16,22,24,27,34H,2-3,5-6,8,11,14,17-19H2,1H3,(H2,32,35)/b7-4+/t22-,24+,27-,30?/m0/s1. The molecule has 1 spiro atoms. The lowest BCUT2D eigenvalue weighted by Gasteiger charge is -2.45. The number of unbranched alkanes of at least 4 members (excludes halogenated alkanes) is 1. The highest BCUT2D eigenvalue weighted by Crippen LogP contribution is 2.46. The van der Waals surface area contributed by atoms with E-state index in [0.717, 1.165) is 74.5 Å². The predicted octanol–water partition coefficient (Wildman–Crippen LogP) is 5.66. The first-order valence-electron chi connectivity index (χ1n) is 13.4. The average molecular weight is 509 g/mol. The summed E-state index contributed by atoms with van der Waals surface area (Å²) in [5.74, 6) is 0.975. The van der Waals surface area contributed by atoms with Crippen LogP contribution in [0.5, 0.6) is 5.75 Å². The minimum Gasteiger partial charge on any atom is -0.490 e. The molecule has 0 radical (unpaired) electrons. The number of nitrogens with zero attached hydrogens (tertiary/aromatic N) is 1. The van der Waals surface area contributed by atoms with Gasteiger partial charge in [0, 0.05) is 29.1 Å². The van der Waals surface area contributed by atoms with Crippen LogP contribution in [0.25, 0.3) is 0 Å². The van der Waals surface area contributed by atoms with E-state index < -0.39 is 12.0 Å². The van der Waals surface area contributed by atoms with E-state index >= 15 is 0 Å². The number of hydrogen-bond acceptors (Lipinski definition) is 4. The van der Waals surface area contributed by atoms with Crippen LogP contribution in [0.15, 0.2) is 48.6 Å². The predicted molar refractivity (Wildman–Crippen MR) is 145 cm³/mol. The van der Waals surface area contributed by atoms with Crippen molar-refractivity contribution in [2.75, 3.05) is 24.6 Å². The zero-order valence-corrected chi connectivity index (χ0v) is 21.8. The first-order valence-corrected chi connectivity index (χ1v) is 13.7. The van der Waals surface area contributed by atoms with Gasteiger partial charge in [0.1, 0.15) is 5.75 Å². The first-order chi connectivity index (χ1) is 17.4. The van der Waals surface area contributed by atoms with Crippen molar-refractivity contribution in [1.82, 2.24) is 0 Å². The molecule has 4 atom stereocenters. The minimum absolute atomic E-state index is 0.164. The van der Waals surface area contributed by atoms with Gasteiger partial charge in [-0.25, -0.2) is 0 Å². The van der Waals surface area contributed by atoms with Gasteiger partial charge >= 0.3 is 0 Å². The van der Waals surface area contributed by atoms with E-state index in [0.29, 0.717) is 18.1 Å². The van der Waals surface area contributed by atoms with Gasteiger partial charge in [-0.2, -0.15) is 0 Å². The van der Waals surface area contributed by atoms with Crippen LogP contribution in [-0.2, 0) is 11.8 Å². The minimum atomic E-state index is -0.438. The second-order valence-corrected chi connectivity index (χ2v) is 11.3. The first kappa shape index (κ1) is 25.2. The van der Waals surface area contributed by atoms with Gasteiger partial charge in [-0.1, -0.05) is 43.2 Å². The van der Waals surface area contributed by atoms with Crippen molar-refractivity contribution in [2.45, 2.75) is 63.4 Å². The SMILES string of the molecule is CCC/C=C/[C@H](O)[C@@H]1CC[C@H]1CN1CC2(CCCc3cc(Cl)ccc32)COc2ccc(C(N)=O)cc21. The summed E-state index contributed by atoms with van der Waals surface area (Å²) >= 11 is 6.36. The molecule has 1 aliphatic heterocycles. The fraction of sp³-hybridized carbons (Fsp3) is 0.500. The van der Waals surface area contributed by atoms with Crippen LogP contribution in [0.3, 0.4) is 0 Å². The Morgan fingerprint density at radius 1 is 1.31 bits per heavy atom. The van der Waals surface area contributed by atoms with Crippen molar-refractivity contribution >= 4 is 23.2 Å². The Morgan fingerprint density at radius 2 is 2.17 bits per heavy atom. The molecule has 1 fully saturated rings. The normalized spacial score (nSPS) is 26.0. The summed E-state index contributed by atoms with van der Waals surface area (Å²) in [7, 11) is 0. The molecule has 3 aliphatic rings. The van der Waals surface area contributed by atoms with Crippen LogP contribution >= 0.6 is 11.6 Å². The Bertz CT molecular complexity index is 1150. The maximum Gasteiger partial charge on any atom is 0.248 e. The highest BCUT2D eigenvalue weighted by molar-refractivity contribution is 6.30. The smallest absolute Gasteiger partial charge is 0.248 e. The molecule has 0 saturated heterocycles. The van der Waals surface area contributed by atoms with Crippen LogP contribution < -0.4 is 15.4 Å². The summed E-state index contributed by atoms with van der Waals surface area (Å²) in [5.41, 5.74) is 9.52. The molecule has 1 saturated carbocycles. The number of carbonyl (C=O) groups is 1. The van der Waals surface area contributed by atoms with Crippen LogP contribution in [0, 0.1) is 11.8 Å². The van der Waals surface area contributed by atoms with E-state index in [-0.39, 0.29) is 11.3 Å². The third kappa shape index (κ3) is 4.88. The molecule has 2 aliphatic carbocycles. The average Bonchev–Trinajstić information content (AvgIpc) is 2.99. The summed E-state index contributed by atoms with van der Waals surface area (Å²) in [5, 5.41) is 11.6. The van der Waals surface area contributed by atoms with Gasteiger partial charge < -0.3 is 20.5 Å². The molecular weight excluding hydrogens is 472 g/mol. The second-order valence-electron chi connectivity index (χ2n) is 10.9. The van der Waals surface area contributed by atoms with Crippen LogP contribution in [0.2, 0.25) is 5.02 Å². The number of anilines is 1. The van der Waals surface area contributed by atoms with Crippen molar-refractivity contribution in [2.24, 2.45) is 17.6 Å². The fourth-order valence-electron chi connectivity index (χ4n) is 6.37. The Labute approximate surface area is 219 Å². The number of amides is 1. The number of primary amides is 1. The Morgan fingerprint density at radius 3 is 2.92 bits per heavy atom. The number of aliphatic hydroxyl groups excluding tert-OH is 1. The van der Waals surface area contributed by atoms with Crippen LogP contribution in [-0.4, -0.2) is 36.8 Å². The molecule has 0 aromatic heterocycles. The number of carbonyl (C=O) groups excluding carboxylic acids is 1. The van der Waals surface area contributed by atoms with Gasteiger partial charge in [-0.05, 0) is 91.8 Å². The van der Waals surface area contributed by atoms with Crippen molar-refractivity contribution in [3.05, 3.63) is 70.3 Å². The lowest BCUT2D eigenvalue weighted by Crippen LogP contribution is -2.49. The number of nitrogens with two attached hydrogens (primary N) is 1. The van der Waals surface area contributed by atoms with Crippen LogP contribution in [0.4, 0.5) is 5.69 Å². The van der Waals surface area contributed by atoms with Crippen LogP contribution in [0.1, 0.15) is 66.9 Å². The van der Waals surface area contributed by atoms with E-state index in [1.165, 1.54) is 11.1 Å². The summed E-state index contributed by atoms with van der Waals surface area (Å²) in [6.45, 7) is 4.33. The molecule has 2 aromatic carbocycles. The van der Waals surface area contributed by atoms with Crippen molar-refractivity contribution < 1.29 is 14.6 Å². The van der Waals surface area contributed by atoms with Gasteiger partial charge in [-0.3, -0.25) is 4.79 Å². The summed E-state index contributed by atoms with van der Waals surface area (Å²) in [6.07, 6.45) is 11.0. The van der Waals surface area contributed by atoms with Gasteiger partial charge in [0.15, 0.2) is 0 Å². The molecule has 1 heterocycles. The second kappa shape index (κ2) is 10.5. The zero-order chi connectivity index (χ0) is 25.3. The molecule has 1 amide bonds. The molecule has 36 heavy (non-hydrogen) atoms. The Hall–Kier alpha value is -2.50. The quantitative estimate of drug-likeness (QED) is 0.473. The lowest BCUT2D eigenvalue weighted by molar-refractivity contribution is 0.0456. The number of allylic oxidation sites excluding steroid dienone is 1. The maximum atomic E-state index is 12.0. The molecular formula is C30H37ClN2O3. The topological polar surface area (TPSA) is 75.8 Å². The molecule has 5 nitrogen and oxygen atoms in total. The summed E-state index contributed by atoms with van der Waals surface area (Å²) < 4.78 is 6.48. The number of fused-ring (bicyclic) bond motifs is 3. The molecule has 192 valence electrons. The van der Waals surface area contributed by atoms with Crippen molar-refractivity contribution in [1.29, 1.82) is 0 Å². The van der Waals surface area contributed by atoms with Gasteiger partial charge in [-0.15, -0.1) is 0 Å². The Kier molecular flexibility index (Phi) is 7.32. The number of aliphatic hydroxyl groups is 1. The third-order valence-electron chi connectivity index (χ3n) is 8.48. The van der Waals surface area contributed by atoms with Crippen molar-refractivity contribution in [3.8, 4) is 5.75 Å². The van der Waals surface area contributed by atoms with E-state index in [2.05, 4.69) is 30.0 Å². The highest BCUT2D eigenvalue weighted by atomic mass is 35.5. The number of hydrogen-bond donors (Lipinski definition) is 2. The summed E-state index contributed by atoms with van der Waals surface area (Å²) in [6, 6.07) is 11.8. The fourth-order valence-corrected chi connectivity index (χ4v) is 6.56. The molecule has 6 heteroatoms. The number of benzene rings is 2. The highest BCUT2D eigenvalue weighted by Gasteiger charge is 2.44. The Balaban J connectivity index is 1.48. The van der Waals surface area contributed by atoms with E-state index in [1.807, 2.05) is 24.3 Å². The van der Waals surface area contributed by atoms with E-state index in [4.69, 9.17) is 22.1 Å². The molecule has 0 bridgehead atoms. The molecule has 5 rings (SSSR count). The molecule has 1 unspecified atom stereocenters. The zero-order valence-electron chi connectivity index (χ0n) is 21.1. The number of ether oxygens (including phenoxy) is 1. The number of aryl methyl sites for hydroxylation is 1. The summed E-state index contributed by atoms with van der Waals surface area (Å²) in [4.78, 5) is 14.4.